The number of anilines is 3. The van der Waals surface area contributed by atoms with Crippen LogP contribution in [0.2, 0.25) is 0 Å². The van der Waals surface area contributed by atoms with Crippen LogP contribution in [0.4, 0.5) is 40.6 Å². The van der Waals surface area contributed by atoms with Crippen molar-refractivity contribution in [2.75, 3.05) is 36.5 Å². The molecule has 0 aliphatic heterocycles. The van der Waals surface area contributed by atoms with E-state index in [1.54, 1.807) is 4.90 Å². The molecule has 3 N–H and O–H groups in total. The molecule has 266 valence electrons. The monoisotopic (exact) mass is 701 g/mol. The molecule has 15 nitrogen and oxygen atoms in total. The van der Waals surface area contributed by atoms with E-state index in [0.29, 0.717) is 30.4 Å². The maximum atomic E-state index is 9.69. The molecule has 6 aromatic rings. The molecule has 0 saturated carbocycles. The number of aliphatic hydroxyl groups excluding tert-OH is 2. The Kier molecular flexibility index (Phi) is 11.4. The Balaban J connectivity index is 1.14. The zero-order chi connectivity index (χ0) is 36.5. The minimum Gasteiger partial charge on any atom is -0.395 e. The zero-order valence-electron chi connectivity index (χ0n) is 29.7. The molecule has 3 heterocycles. The SMILES string of the molecule is Cn1cc[n+](C)c1N=Nc1ccc(Cc2nc(Cc3ccc(Nc4ccc(N=Nc5n(C)cc[n+]5C)cc4)cc3)nc(N(CCO)CCO)n2)cc1. The Morgan fingerprint density at radius 1 is 0.615 bits per heavy atom. The summed E-state index contributed by atoms with van der Waals surface area (Å²) in [6.07, 6.45) is 8.65. The quantitative estimate of drug-likeness (QED) is 0.103. The van der Waals surface area contributed by atoms with E-state index in [2.05, 4.69) is 25.8 Å². The summed E-state index contributed by atoms with van der Waals surface area (Å²) in [6.45, 7) is 0.387. The van der Waals surface area contributed by atoms with Crippen molar-refractivity contribution in [2.24, 2.45) is 48.6 Å². The van der Waals surface area contributed by atoms with Crippen molar-refractivity contribution < 1.29 is 19.3 Å². The van der Waals surface area contributed by atoms with Gasteiger partial charge in [0.2, 0.25) is 5.95 Å². The Bertz CT molecular complexity index is 2090. The van der Waals surface area contributed by atoms with Crippen LogP contribution in [0.25, 0.3) is 0 Å². The van der Waals surface area contributed by atoms with E-state index in [4.69, 9.17) is 15.0 Å². The van der Waals surface area contributed by atoms with Gasteiger partial charge in [0, 0.05) is 47.5 Å². The number of benzene rings is 3. The van der Waals surface area contributed by atoms with Crippen LogP contribution in [0.15, 0.2) is 118 Å². The number of imidazole rings is 2. The van der Waals surface area contributed by atoms with Gasteiger partial charge in [-0.2, -0.15) is 9.97 Å². The van der Waals surface area contributed by atoms with Gasteiger partial charge in [-0.3, -0.25) is 0 Å². The smallest absolute Gasteiger partial charge is 0.395 e. The van der Waals surface area contributed by atoms with Gasteiger partial charge in [0.25, 0.3) is 0 Å². The van der Waals surface area contributed by atoms with E-state index >= 15 is 0 Å². The molecule has 0 radical (unpaired) electrons. The summed E-state index contributed by atoms with van der Waals surface area (Å²) in [5.41, 5.74) is 5.37. The van der Waals surface area contributed by atoms with Crippen LogP contribution in [-0.2, 0) is 41.0 Å². The minimum absolute atomic E-state index is 0.0963. The third-order valence-corrected chi connectivity index (χ3v) is 8.31. The molecule has 3 aromatic heterocycles. The fourth-order valence-electron chi connectivity index (χ4n) is 5.49. The fraction of sp³-hybridized carbons (Fsp3) is 0.270. The van der Waals surface area contributed by atoms with Crippen molar-refractivity contribution in [2.45, 2.75) is 12.8 Å². The molecule has 0 spiro atoms. The van der Waals surface area contributed by atoms with Gasteiger partial charge in [0.1, 0.15) is 23.0 Å². The summed E-state index contributed by atoms with van der Waals surface area (Å²) in [7, 11) is 7.71. The molecule has 3 aromatic carbocycles. The Hall–Kier alpha value is -6.19. The molecular weight excluding hydrogens is 658 g/mol. The van der Waals surface area contributed by atoms with Gasteiger partial charge in [-0.15, -0.1) is 0 Å². The van der Waals surface area contributed by atoms with Gasteiger partial charge in [-0.05, 0) is 59.7 Å². The highest BCUT2D eigenvalue weighted by Crippen LogP contribution is 2.23. The number of hydrogen-bond donors (Lipinski definition) is 3. The Morgan fingerprint density at radius 3 is 1.46 bits per heavy atom. The summed E-state index contributed by atoms with van der Waals surface area (Å²) in [5.74, 6) is 3.09. The lowest BCUT2D eigenvalue weighted by Crippen LogP contribution is -2.32. The van der Waals surface area contributed by atoms with Crippen molar-refractivity contribution in [3.63, 3.8) is 0 Å². The van der Waals surface area contributed by atoms with Crippen molar-refractivity contribution >= 4 is 40.6 Å². The van der Waals surface area contributed by atoms with Crippen LogP contribution < -0.4 is 19.4 Å². The highest BCUT2D eigenvalue weighted by molar-refractivity contribution is 5.62. The first-order valence-electron chi connectivity index (χ1n) is 16.9. The second-order valence-corrected chi connectivity index (χ2v) is 12.3. The van der Waals surface area contributed by atoms with E-state index < -0.39 is 0 Å². The van der Waals surface area contributed by atoms with Crippen LogP contribution in [0, 0.1) is 0 Å². The number of aliphatic hydroxyl groups is 2. The van der Waals surface area contributed by atoms with Crippen molar-refractivity contribution in [1.29, 1.82) is 0 Å². The summed E-state index contributed by atoms with van der Waals surface area (Å²) in [6, 6.07) is 23.7. The summed E-state index contributed by atoms with van der Waals surface area (Å²) < 4.78 is 7.62. The van der Waals surface area contributed by atoms with E-state index in [9.17, 15) is 10.2 Å². The number of aromatic nitrogens is 7. The minimum atomic E-state index is -0.0963. The molecule has 0 fully saturated rings. The first kappa shape index (κ1) is 35.6. The first-order chi connectivity index (χ1) is 25.3. The molecule has 0 unspecified atom stereocenters. The normalized spacial score (nSPS) is 11.6. The largest absolute Gasteiger partial charge is 0.421 e. The topological polar surface area (TPSA) is 161 Å². The van der Waals surface area contributed by atoms with Gasteiger partial charge in [0.15, 0.2) is 0 Å². The van der Waals surface area contributed by atoms with Crippen molar-refractivity contribution in [1.82, 2.24) is 24.1 Å². The van der Waals surface area contributed by atoms with Crippen LogP contribution in [0.1, 0.15) is 22.8 Å². The third kappa shape index (κ3) is 9.12. The number of aryl methyl sites for hydroxylation is 4. The molecule has 0 aliphatic rings. The van der Waals surface area contributed by atoms with Crippen LogP contribution in [-0.4, -0.2) is 60.6 Å². The van der Waals surface area contributed by atoms with Crippen molar-refractivity contribution in [3.05, 3.63) is 120 Å². The number of hydrogen-bond acceptors (Lipinski definition) is 11. The molecule has 0 atom stereocenters. The lowest BCUT2D eigenvalue weighted by atomic mass is 10.1. The number of nitrogens with zero attached hydrogens (tertiary/aromatic N) is 12. The molecular formula is C37H43N13O2+2. The maximum Gasteiger partial charge on any atom is 0.421 e. The van der Waals surface area contributed by atoms with Crippen LogP contribution in [0.5, 0.6) is 0 Å². The second kappa shape index (κ2) is 16.7. The lowest BCUT2D eigenvalue weighted by molar-refractivity contribution is -0.657. The van der Waals surface area contributed by atoms with Crippen LogP contribution in [0.3, 0.4) is 0 Å². The molecule has 0 bridgehead atoms. The molecule has 6 rings (SSSR count). The maximum absolute atomic E-state index is 9.69. The van der Waals surface area contributed by atoms with E-state index in [1.165, 1.54) is 0 Å². The Labute approximate surface area is 302 Å². The zero-order valence-corrected chi connectivity index (χ0v) is 29.7. The summed E-state index contributed by atoms with van der Waals surface area (Å²) >= 11 is 0. The number of rotatable bonds is 15. The average molecular weight is 702 g/mol. The molecule has 15 heteroatoms. The standard InChI is InChI=1S/C37H42N13O2/c1-46-17-18-47(2)36(46)44-42-31-11-7-28(8-12-31)26-34-39-33(40-35(41-34)50(21-23-51)22-24-52)25-27-5-9-29(10-6-27)38-30-13-15-32(16-14-30)43-45-37-48(3)19-20-49(37)4/h5-20,51-52H,21-26H2,1-4H3/q+1/p+1. The van der Waals surface area contributed by atoms with Gasteiger partial charge < -0.3 is 20.4 Å². The Morgan fingerprint density at radius 2 is 1.04 bits per heavy atom. The third-order valence-electron chi connectivity index (χ3n) is 8.31. The van der Waals surface area contributed by atoms with Gasteiger partial charge in [-0.1, -0.05) is 34.5 Å². The molecule has 0 amide bonds. The van der Waals surface area contributed by atoms with Crippen LogP contribution >= 0.6 is 0 Å². The first-order valence-corrected chi connectivity index (χ1v) is 16.9. The van der Waals surface area contributed by atoms with Gasteiger partial charge in [-0.25, -0.2) is 23.3 Å². The second-order valence-electron chi connectivity index (χ2n) is 12.3. The molecule has 0 saturated heterocycles. The van der Waals surface area contributed by atoms with Gasteiger partial charge in [0.05, 0.1) is 66.2 Å². The van der Waals surface area contributed by atoms with Gasteiger partial charge >= 0.3 is 11.9 Å². The molecule has 0 aliphatic carbocycles. The highest BCUT2D eigenvalue weighted by Gasteiger charge is 2.15. The fourth-order valence-corrected chi connectivity index (χ4v) is 5.49. The molecule has 52 heavy (non-hydrogen) atoms. The average Bonchev–Trinajstić information content (AvgIpc) is 3.65. The van der Waals surface area contributed by atoms with E-state index in [-0.39, 0.29) is 26.3 Å². The predicted molar refractivity (Wildman–Crippen MR) is 196 cm³/mol. The number of azo groups is 2. The summed E-state index contributed by atoms with van der Waals surface area (Å²) in [4.78, 5) is 16.1. The van der Waals surface area contributed by atoms with Crippen molar-refractivity contribution in [3.8, 4) is 0 Å². The predicted octanol–water partition coefficient (Wildman–Crippen LogP) is 4.74. The van der Waals surface area contributed by atoms with E-state index in [0.717, 1.165) is 45.8 Å². The highest BCUT2D eigenvalue weighted by atomic mass is 16.3. The van der Waals surface area contributed by atoms with E-state index in [1.807, 2.05) is 144 Å². The number of nitrogens with one attached hydrogen (secondary N) is 1. The lowest BCUT2D eigenvalue weighted by Gasteiger charge is -2.21. The summed E-state index contributed by atoms with van der Waals surface area (Å²) in [5, 5.41) is 40.3.